The minimum Gasteiger partial charge on any atom is -0.280 e. The molecule has 0 bridgehead atoms. The van der Waals surface area contributed by atoms with Crippen molar-refractivity contribution < 1.29 is 21.2 Å². The number of benzene rings is 3. The molecule has 0 aromatic heterocycles. The Bertz CT molecular complexity index is 1240. The molecule has 3 aromatic rings. The largest absolute Gasteiger partial charge is 0.280 e. The van der Waals surface area contributed by atoms with E-state index >= 15 is 0 Å². The molecule has 10 heteroatoms. The van der Waals surface area contributed by atoms with Gasteiger partial charge in [-0.15, -0.1) is 0 Å². The van der Waals surface area contributed by atoms with Gasteiger partial charge in [-0.25, -0.2) is 21.2 Å². The Balaban J connectivity index is 1.91. The number of hydrogen-bond acceptors (Lipinski definition) is 4. The molecule has 29 heavy (non-hydrogen) atoms. The quantitative estimate of drug-likeness (QED) is 0.577. The van der Waals surface area contributed by atoms with Crippen molar-refractivity contribution in [1.29, 1.82) is 0 Å². The second-order valence-electron chi connectivity index (χ2n) is 6.15. The summed E-state index contributed by atoms with van der Waals surface area (Å²) in [4.78, 5) is -0.130. The molecule has 0 unspecified atom stereocenters. The Labute approximate surface area is 173 Å². The Morgan fingerprint density at radius 3 is 1.93 bits per heavy atom. The summed E-state index contributed by atoms with van der Waals surface area (Å²) >= 11 is 5.78. The molecule has 0 spiro atoms. The van der Waals surface area contributed by atoms with E-state index in [1.165, 1.54) is 54.6 Å². The van der Waals surface area contributed by atoms with Crippen molar-refractivity contribution in [2.75, 3.05) is 9.44 Å². The zero-order valence-corrected chi connectivity index (χ0v) is 17.4. The van der Waals surface area contributed by atoms with Crippen LogP contribution in [-0.2, 0) is 20.0 Å². The van der Waals surface area contributed by atoms with Crippen LogP contribution in [0.15, 0.2) is 76.5 Å². The van der Waals surface area contributed by atoms with Gasteiger partial charge in [0.1, 0.15) is 5.82 Å². The van der Waals surface area contributed by atoms with E-state index in [1.807, 2.05) is 0 Å². The molecule has 0 fully saturated rings. The van der Waals surface area contributed by atoms with E-state index in [4.69, 9.17) is 11.6 Å². The highest BCUT2D eigenvalue weighted by atomic mass is 35.5. The van der Waals surface area contributed by atoms with Crippen molar-refractivity contribution in [3.05, 3.63) is 83.1 Å². The first-order chi connectivity index (χ1) is 13.6. The molecule has 0 atom stereocenters. The second kappa shape index (κ2) is 8.02. The number of aryl methyl sites for hydroxylation is 1. The lowest BCUT2D eigenvalue weighted by molar-refractivity contribution is 0.598. The normalized spacial score (nSPS) is 11.8. The molecule has 0 saturated carbocycles. The number of rotatable bonds is 6. The maximum atomic E-state index is 13.0. The fourth-order valence-corrected chi connectivity index (χ4v) is 5.01. The van der Waals surface area contributed by atoms with Gasteiger partial charge >= 0.3 is 0 Å². The molecule has 2 N–H and O–H groups in total. The summed E-state index contributed by atoms with van der Waals surface area (Å²) in [6.45, 7) is 1.58. The molecule has 0 aliphatic carbocycles. The molecule has 3 rings (SSSR count). The van der Waals surface area contributed by atoms with Gasteiger partial charge < -0.3 is 0 Å². The SMILES string of the molecule is Cc1ccc(NS(=O)(=O)c2ccc(Cl)cc2)cc1S(=O)(=O)Nc1ccc(F)cc1. The maximum absolute atomic E-state index is 13.0. The summed E-state index contributed by atoms with van der Waals surface area (Å²) in [7, 11) is -7.96. The third-order valence-electron chi connectivity index (χ3n) is 3.95. The predicted octanol–water partition coefficient (Wildman–Crippen LogP) is 4.39. The molecule has 0 heterocycles. The molecule has 3 aromatic carbocycles. The Morgan fingerprint density at radius 2 is 1.31 bits per heavy atom. The predicted molar refractivity (Wildman–Crippen MR) is 111 cm³/mol. The number of anilines is 2. The van der Waals surface area contributed by atoms with Gasteiger partial charge in [-0.3, -0.25) is 9.44 Å². The lowest BCUT2D eigenvalue weighted by Gasteiger charge is -2.13. The minimum atomic E-state index is -4.03. The van der Waals surface area contributed by atoms with Crippen LogP contribution in [-0.4, -0.2) is 16.8 Å². The van der Waals surface area contributed by atoms with Gasteiger partial charge in [0.05, 0.1) is 15.5 Å². The van der Waals surface area contributed by atoms with Gasteiger partial charge in [0.25, 0.3) is 20.0 Å². The molecule has 0 amide bonds. The average molecular weight is 455 g/mol. The van der Waals surface area contributed by atoms with Crippen LogP contribution in [0.4, 0.5) is 15.8 Å². The lowest BCUT2D eigenvalue weighted by atomic mass is 10.2. The summed E-state index contributed by atoms with van der Waals surface area (Å²) < 4.78 is 68.3. The standard InChI is InChI=1S/C19H16ClFN2O4S2/c1-13-2-7-17(23-28(24,25)18-10-3-14(20)4-11-18)12-19(13)29(26,27)22-16-8-5-15(21)6-9-16/h2-12,22-23H,1H3. The summed E-state index contributed by atoms with van der Waals surface area (Å²) in [5.41, 5.74) is 0.664. The first kappa shape index (κ1) is 21.1. The van der Waals surface area contributed by atoms with E-state index in [0.717, 1.165) is 12.1 Å². The maximum Gasteiger partial charge on any atom is 0.262 e. The third kappa shape index (κ3) is 5.06. The van der Waals surface area contributed by atoms with Crippen LogP contribution in [0.2, 0.25) is 5.02 Å². The highest BCUT2D eigenvalue weighted by Gasteiger charge is 2.20. The Morgan fingerprint density at radius 1 is 0.759 bits per heavy atom. The highest BCUT2D eigenvalue weighted by molar-refractivity contribution is 7.93. The van der Waals surface area contributed by atoms with Crippen LogP contribution in [0.1, 0.15) is 5.56 Å². The van der Waals surface area contributed by atoms with Gasteiger partial charge in [0.2, 0.25) is 0 Å². The number of halogens is 2. The number of sulfonamides is 2. The second-order valence-corrected chi connectivity index (χ2v) is 9.92. The van der Waals surface area contributed by atoms with Gasteiger partial charge in [-0.05, 0) is 73.2 Å². The lowest BCUT2D eigenvalue weighted by Crippen LogP contribution is -2.16. The van der Waals surface area contributed by atoms with Gasteiger partial charge in [-0.1, -0.05) is 17.7 Å². The fourth-order valence-electron chi connectivity index (χ4n) is 2.51. The van der Waals surface area contributed by atoms with Crippen molar-refractivity contribution in [2.45, 2.75) is 16.7 Å². The Hall–Kier alpha value is -2.62. The van der Waals surface area contributed by atoms with Crippen molar-refractivity contribution in [3.8, 4) is 0 Å². The summed E-state index contributed by atoms with van der Waals surface area (Å²) in [5, 5.41) is 0.388. The van der Waals surface area contributed by atoms with Crippen molar-refractivity contribution in [3.63, 3.8) is 0 Å². The van der Waals surface area contributed by atoms with Crippen molar-refractivity contribution >= 4 is 43.0 Å². The van der Waals surface area contributed by atoms with E-state index in [9.17, 15) is 21.2 Å². The summed E-state index contributed by atoms with van der Waals surface area (Å²) in [5.74, 6) is -0.497. The van der Waals surface area contributed by atoms with E-state index in [0.29, 0.717) is 10.6 Å². The average Bonchev–Trinajstić information content (AvgIpc) is 2.65. The fraction of sp³-hybridized carbons (Fsp3) is 0.0526. The molecule has 0 aliphatic rings. The van der Waals surface area contributed by atoms with Crippen LogP contribution in [0.25, 0.3) is 0 Å². The van der Waals surface area contributed by atoms with E-state index < -0.39 is 25.9 Å². The molecule has 0 aliphatic heterocycles. The Kier molecular flexibility index (Phi) is 5.83. The monoisotopic (exact) mass is 454 g/mol. The van der Waals surface area contributed by atoms with E-state index in [1.54, 1.807) is 6.92 Å². The zero-order chi connectivity index (χ0) is 21.2. The first-order valence-corrected chi connectivity index (χ1v) is 11.6. The number of nitrogens with one attached hydrogen (secondary N) is 2. The van der Waals surface area contributed by atoms with E-state index in [-0.39, 0.29) is 21.2 Å². The molecule has 6 nitrogen and oxygen atoms in total. The van der Waals surface area contributed by atoms with Crippen molar-refractivity contribution in [2.24, 2.45) is 0 Å². The third-order valence-corrected chi connectivity index (χ3v) is 7.12. The minimum absolute atomic E-state index is 0.0173. The van der Waals surface area contributed by atoms with Crippen LogP contribution >= 0.6 is 11.6 Å². The first-order valence-electron chi connectivity index (χ1n) is 8.24. The van der Waals surface area contributed by atoms with Crippen LogP contribution < -0.4 is 9.44 Å². The van der Waals surface area contributed by atoms with Crippen LogP contribution in [0.5, 0.6) is 0 Å². The van der Waals surface area contributed by atoms with E-state index in [2.05, 4.69) is 9.44 Å². The molecule has 152 valence electrons. The smallest absolute Gasteiger partial charge is 0.262 e. The zero-order valence-electron chi connectivity index (χ0n) is 15.1. The van der Waals surface area contributed by atoms with Crippen LogP contribution in [0.3, 0.4) is 0 Å². The van der Waals surface area contributed by atoms with Crippen molar-refractivity contribution in [1.82, 2.24) is 0 Å². The van der Waals surface area contributed by atoms with Gasteiger partial charge in [0.15, 0.2) is 0 Å². The van der Waals surface area contributed by atoms with Gasteiger partial charge in [0, 0.05) is 10.7 Å². The highest BCUT2D eigenvalue weighted by Crippen LogP contribution is 2.25. The summed E-state index contributed by atoms with van der Waals surface area (Å²) in [6.07, 6.45) is 0. The molecule has 0 saturated heterocycles. The summed E-state index contributed by atoms with van der Waals surface area (Å²) in [6, 6.07) is 14.5. The number of hydrogen-bond donors (Lipinski definition) is 2. The molecule has 0 radical (unpaired) electrons. The molecular weight excluding hydrogens is 439 g/mol. The van der Waals surface area contributed by atoms with Crippen LogP contribution in [0, 0.1) is 12.7 Å². The van der Waals surface area contributed by atoms with Gasteiger partial charge in [-0.2, -0.15) is 0 Å². The molecular formula is C19H16ClFN2O4S2. The topological polar surface area (TPSA) is 92.3 Å².